The third kappa shape index (κ3) is 14.9. The molecule has 0 aliphatic carbocycles. The van der Waals surface area contributed by atoms with Crippen molar-refractivity contribution in [1.82, 2.24) is 5.48 Å². The molecule has 0 heterocycles. The molecule has 0 atom stereocenters. The summed E-state index contributed by atoms with van der Waals surface area (Å²) >= 11 is 0. The van der Waals surface area contributed by atoms with Crippen LogP contribution in [0.25, 0.3) is 0 Å². The smallest absolute Gasteiger partial charge is 0.264 e. The summed E-state index contributed by atoms with van der Waals surface area (Å²) in [5.41, 5.74) is 3.20. The van der Waals surface area contributed by atoms with Crippen molar-refractivity contribution in [3.05, 3.63) is 24.1 Å². The van der Waals surface area contributed by atoms with E-state index < -0.39 is 10.1 Å². The van der Waals surface area contributed by atoms with Crippen LogP contribution in [0, 0.1) is 0 Å². The summed E-state index contributed by atoms with van der Waals surface area (Å²) in [6.45, 7) is 7.93. The van der Waals surface area contributed by atoms with Crippen LogP contribution in [-0.4, -0.2) is 33.5 Å². The largest absolute Gasteiger partial charge is 0.495 e. The fraction of sp³-hybridized carbons (Fsp3) is 0.667. The van der Waals surface area contributed by atoms with Gasteiger partial charge in [-0.1, -0.05) is 6.08 Å². The van der Waals surface area contributed by atoms with Gasteiger partial charge in [-0.3, -0.25) is 14.5 Å². The minimum absolute atomic E-state index is 0.0102. The first-order valence-electron chi connectivity index (χ1n) is 5.82. The zero-order valence-corrected chi connectivity index (χ0v) is 12.9. The summed E-state index contributed by atoms with van der Waals surface area (Å²) < 4.78 is 31.0. The summed E-state index contributed by atoms with van der Waals surface area (Å²) in [4.78, 5) is 5.32. The molecule has 0 amide bonds. The lowest BCUT2D eigenvalue weighted by Crippen LogP contribution is -2.28. The minimum Gasteiger partial charge on any atom is -0.495 e. The zero-order valence-electron chi connectivity index (χ0n) is 12.1. The van der Waals surface area contributed by atoms with Gasteiger partial charge in [0.15, 0.2) is 0 Å². The molecule has 6 nitrogen and oxygen atoms in total. The number of rotatable bonds is 8. The van der Waals surface area contributed by atoms with Crippen molar-refractivity contribution in [3.8, 4) is 0 Å². The van der Waals surface area contributed by atoms with Gasteiger partial charge in [0.2, 0.25) is 0 Å². The van der Waals surface area contributed by atoms with Crippen molar-refractivity contribution in [2.75, 3.05) is 19.5 Å². The molecule has 0 saturated carbocycles. The van der Waals surface area contributed by atoms with Crippen LogP contribution >= 0.6 is 0 Å². The van der Waals surface area contributed by atoms with E-state index in [1.807, 2.05) is 27.7 Å². The first kappa shape index (κ1) is 17.9. The molecule has 0 aromatic heterocycles. The third-order valence-corrected chi connectivity index (χ3v) is 2.08. The summed E-state index contributed by atoms with van der Waals surface area (Å²) in [5.74, 6) is 0. The maximum Gasteiger partial charge on any atom is 0.264 e. The van der Waals surface area contributed by atoms with Crippen LogP contribution in [0.5, 0.6) is 0 Å². The van der Waals surface area contributed by atoms with Crippen molar-refractivity contribution in [2.45, 2.75) is 33.3 Å². The summed E-state index contributed by atoms with van der Waals surface area (Å²) in [6.07, 6.45) is 5.76. The highest BCUT2D eigenvalue weighted by Crippen LogP contribution is 2.05. The number of allylic oxidation sites excluding steroid dienone is 1. The Kier molecular flexibility index (Phi) is 7.73. The van der Waals surface area contributed by atoms with Gasteiger partial charge < -0.3 is 4.74 Å². The average molecular weight is 293 g/mol. The van der Waals surface area contributed by atoms with Crippen LogP contribution in [0.2, 0.25) is 0 Å². The molecule has 0 aliphatic heterocycles. The average Bonchev–Trinajstić information content (AvgIpc) is 2.22. The van der Waals surface area contributed by atoms with Crippen LogP contribution in [-0.2, 0) is 23.9 Å². The van der Waals surface area contributed by atoms with Gasteiger partial charge in [-0.05, 0) is 33.8 Å². The molecule has 0 aliphatic rings. The molecule has 0 spiro atoms. The normalized spacial score (nSPS) is 13.8. The maximum absolute atomic E-state index is 10.6. The van der Waals surface area contributed by atoms with Crippen LogP contribution < -0.4 is 5.48 Å². The molecule has 112 valence electrons. The Balaban J connectivity index is 3.75. The van der Waals surface area contributed by atoms with E-state index in [-0.39, 0.29) is 12.2 Å². The number of hydrogen-bond donors (Lipinski definition) is 1. The number of hydrogen-bond acceptors (Lipinski definition) is 6. The van der Waals surface area contributed by atoms with Gasteiger partial charge in [0.1, 0.15) is 12.9 Å². The lowest BCUT2D eigenvalue weighted by molar-refractivity contribution is -0.0588. The highest BCUT2D eigenvalue weighted by atomic mass is 32.2. The molecule has 0 bridgehead atoms. The van der Waals surface area contributed by atoms with Crippen LogP contribution in [0.3, 0.4) is 0 Å². The molecule has 7 heteroatoms. The molecule has 0 aromatic carbocycles. The van der Waals surface area contributed by atoms with E-state index >= 15 is 0 Å². The molecule has 19 heavy (non-hydrogen) atoms. The van der Waals surface area contributed by atoms with Gasteiger partial charge in [0.05, 0.1) is 24.2 Å². The van der Waals surface area contributed by atoms with Crippen molar-refractivity contribution < 1.29 is 22.2 Å². The second kappa shape index (κ2) is 8.19. The number of hydroxylamine groups is 1. The predicted molar refractivity (Wildman–Crippen MR) is 73.6 cm³/mol. The fourth-order valence-corrected chi connectivity index (χ4v) is 1.11. The van der Waals surface area contributed by atoms with E-state index in [9.17, 15) is 8.42 Å². The predicted octanol–water partition coefficient (Wildman–Crippen LogP) is 1.72. The topological polar surface area (TPSA) is 73.9 Å². The van der Waals surface area contributed by atoms with Crippen molar-refractivity contribution in [1.29, 1.82) is 0 Å². The Morgan fingerprint density at radius 1 is 1.21 bits per heavy atom. The maximum atomic E-state index is 10.6. The second-order valence-electron chi connectivity index (χ2n) is 4.91. The molecule has 1 N–H and O–H groups in total. The SMILES string of the molecule is CC(=COCC=CCOS(C)(=O)=O)NOC(C)(C)C. The third-order valence-electron chi connectivity index (χ3n) is 1.52. The highest BCUT2D eigenvalue weighted by Gasteiger charge is 2.09. The van der Waals surface area contributed by atoms with Crippen LogP contribution in [0.15, 0.2) is 24.1 Å². The first-order valence-corrected chi connectivity index (χ1v) is 7.63. The van der Waals surface area contributed by atoms with Crippen LogP contribution in [0.4, 0.5) is 0 Å². The first-order chi connectivity index (χ1) is 8.60. The molecule has 0 rings (SSSR count). The Labute approximate surface area is 115 Å². The number of nitrogens with one attached hydrogen (secondary N) is 1. The van der Waals surface area contributed by atoms with Gasteiger partial charge in [-0.25, -0.2) is 0 Å². The number of ether oxygens (including phenoxy) is 1. The van der Waals surface area contributed by atoms with Crippen molar-refractivity contribution in [2.24, 2.45) is 0 Å². The van der Waals surface area contributed by atoms with E-state index in [1.165, 1.54) is 6.26 Å². The molecular weight excluding hydrogens is 270 g/mol. The van der Waals surface area contributed by atoms with Gasteiger partial charge in [0, 0.05) is 0 Å². The summed E-state index contributed by atoms with van der Waals surface area (Å²) in [6, 6.07) is 0. The van der Waals surface area contributed by atoms with Gasteiger partial charge in [0.25, 0.3) is 10.1 Å². The van der Waals surface area contributed by atoms with E-state index in [4.69, 9.17) is 9.57 Å². The van der Waals surface area contributed by atoms with Gasteiger partial charge >= 0.3 is 0 Å². The monoisotopic (exact) mass is 293 g/mol. The van der Waals surface area contributed by atoms with Gasteiger partial charge in [-0.15, -0.1) is 0 Å². The Hall–Kier alpha value is -1.05. The van der Waals surface area contributed by atoms with E-state index in [2.05, 4.69) is 9.66 Å². The second-order valence-corrected chi connectivity index (χ2v) is 6.55. The zero-order chi connectivity index (χ0) is 14.9. The minimum atomic E-state index is -3.38. The molecule has 0 fully saturated rings. The summed E-state index contributed by atoms with van der Waals surface area (Å²) in [7, 11) is -3.38. The Morgan fingerprint density at radius 3 is 2.32 bits per heavy atom. The Bertz CT molecular complexity index is 406. The van der Waals surface area contributed by atoms with Crippen molar-refractivity contribution >= 4 is 10.1 Å². The molecule has 0 aromatic rings. The molecule has 0 saturated heterocycles. The molecule has 0 radical (unpaired) electrons. The Morgan fingerprint density at radius 2 is 1.79 bits per heavy atom. The lowest BCUT2D eigenvalue weighted by Gasteiger charge is -2.19. The van der Waals surface area contributed by atoms with E-state index in [1.54, 1.807) is 12.2 Å². The highest BCUT2D eigenvalue weighted by molar-refractivity contribution is 7.85. The standard InChI is InChI=1S/C12H23NO5S/c1-11(13-18-12(2,3)4)10-16-8-6-7-9-17-19(5,14)15/h6-7,10,13H,8-9H2,1-5H3. The van der Waals surface area contributed by atoms with E-state index in [0.717, 1.165) is 12.0 Å². The fourth-order valence-electron chi connectivity index (χ4n) is 0.785. The van der Waals surface area contributed by atoms with E-state index in [0.29, 0.717) is 6.61 Å². The lowest BCUT2D eigenvalue weighted by atomic mass is 10.2. The molecular formula is C12H23NO5S. The summed E-state index contributed by atoms with van der Waals surface area (Å²) in [5, 5.41) is 0. The molecule has 0 unspecified atom stereocenters. The quantitative estimate of drug-likeness (QED) is 0.241. The van der Waals surface area contributed by atoms with Crippen molar-refractivity contribution in [3.63, 3.8) is 0 Å². The van der Waals surface area contributed by atoms with Crippen LogP contribution in [0.1, 0.15) is 27.7 Å². The van der Waals surface area contributed by atoms with Gasteiger partial charge in [-0.2, -0.15) is 8.42 Å².